The molecule has 0 aromatic rings. The van der Waals surface area contributed by atoms with Gasteiger partial charge in [-0.15, -0.1) is 0 Å². The first kappa shape index (κ1) is 22.9. The van der Waals surface area contributed by atoms with E-state index in [4.69, 9.17) is 9.47 Å². The van der Waals surface area contributed by atoms with Crippen molar-refractivity contribution in [1.82, 2.24) is 0 Å². The molecule has 0 spiro atoms. The van der Waals surface area contributed by atoms with E-state index < -0.39 is 0 Å². The second-order valence-corrected chi connectivity index (χ2v) is 6.61. The summed E-state index contributed by atoms with van der Waals surface area (Å²) in [4.78, 5) is 23.3. The van der Waals surface area contributed by atoms with Gasteiger partial charge in [-0.25, -0.2) is 0 Å². The summed E-state index contributed by atoms with van der Waals surface area (Å²) >= 11 is 0. The van der Waals surface area contributed by atoms with Crippen molar-refractivity contribution < 1.29 is 19.1 Å². The number of unbranched alkanes of at least 4 members (excludes halogenated alkanes) is 4. The van der Waals surface area contributed by atoms with Gasteiger partial charge in [0, 0.05) is 12.8 Å². The lowest BCUT2D eigenvalue weighted by atomic mass is 9.99. The molecule has 0 amide bonds. The molecule has 0 bridgehead atoms. The first-order valence-electron chi connectivity index (χ1n) is 9.95. The topological polar surface area (TPSA) is 52.6 Å². The molecule has 0 N–H and O–H groups in total. The molecule has 0 saturated heterocycles. The summed E-state index contributed by atoms with van der Waals surface area (Å²) < 4.78 is 10.5. The lowest BCUT2D eigenvalue weighted by Gasteiger charge is -2.15. The molecule has 0 unspecified atom stereocenters. The van der Waals surface area contributed by atoms with Gasteiger partial charge in [0.05, 0.1) is 13.2 Å². The van der Waals surface area contributed by atoms with E-state index in [1.807, 2.05) is 0 Å². The van der Waals surface area contributed by atoms with Crippen molar-refractivity contribution in [2.24, 2.45) is 5.92 Å². The third-order valence-corrected chi connectivity index (χ3v) is 4.15. The highest BCUT2D eigenvalue weighted by Gasteiger charge is 2.11. The Balaban J connectivity index is 3.60. The Labute approximate surface area is 148 Å². The van der Waals surface area contributed by atoms with Crippen molar-refractivity contribution in [2.75, 3.05) is 13.2 Å². The number of esters is 2. The summed E-state index contributed by atoms with van der Waals surface area (Å²) in [5.74, 6) is 0.0781. The predicted molar refractivity (Wildman–Crippen MR) is 97.8 cm³/mol. The molecule has 0 aromatic carbocycles. The van der Waals surface area contributed by atoms with Gasteiger partial charge in [0.15, 0.2) is 0 Å². The molecular weight excluding hydrogens is 304 g/mol. The van der Waals surface area contributed by atoms with Gasteiger partial charge >= 0.3 is 11.9 Å². The maximum atomic E-state index is 11.7. The van der Waals surface area contributed by atoms with Crippen LogP contribution in [0.1, 0.15) is 97.8 Å². The minimum Gasteiger partial charge on any atom is -0.466 e. The highest BCUT2D eigenvalue weighted by atomic mass is 16.5. The molecule has 0 aromatic heterocycles. The second-order valence-electron chi connectivity index (χ2n) is 6.61. The lowest BCUT2D eigenvalue weighted by molar-refractivity contribution is -0.146. The minimum absolute atomic E-state index is 0.195. The van der Waals surface area contributed by atoms with E-state index >= 15 is 0 Å². The quantitative estimate of drug-likeness (QED) is 0.277. The lowest BCUT2D eigenvalue weighted by Crippen LogP contribution is -2.14. The zero-order valence-electron chi connectivity index (χ0n) is 16.1. The third kappa shape index (κ3) is 14.5. The molecule has 0 aliphatic rings. The van der Waals surface area contributed by atoms with E-state index in [2.05, 4.69) is 20.8 Å². The molecule has 24 heavy (non-hydrogen) atoms. The highest BCUT2D eigenvalue weighted by molar-refractivity contribution is 5.72. The van der Waals surface area contributed by atoms with Gasteiger partial charge in [-0.3, -0.25) is 9.59 Å². The van der Waals surface area contributed by atoms with Crippen LogP contribution >= 0.6 is 0 Å². The summed E-state index contributed by atoms with van der Waals surface area (Å²) in [7, 11) is 0. The fourth-order valence-corrected chi connectivity index (χ4v) is 2.75. The second kappa shape index (κ2) is 16.8. The van der Waals surface area contributed by atoms with Crippen LogP contribution in [0.5, 0.6) is 0 Å². The van der Waals surface area contributed by atoms with Crippen molar-refractivity contribution in [2.45, 2.75) is 97.8 Å². The fraction of sp³-hybridized carbons (Fsp3) is 0.900. The smallest absolute Gasteiger partial charge is 0.305 e. The molecule has 4 heteroatoms. The average molecular weight is 343 g/mol. The Hall–Kier alpha value is -1.06. The van der Waals surface area contributed by atoms with Crippen molar-refractivity contribution in [3.8, 4) is 0 Å². The van der Waals surface area contributed by atoms with Crippen LogP contribution in [0.4, 0.5) is 0 Å². The standard InChI is InChI=1S/C20H38O4/c1-4-7-8-9-10-16-23-19(21)14-11-15-20(22)24-17-18(12-5-2)13-6-3/h18H,4-17H2,1-3H3. The third-order valence-electron chi connectivity index (χ3n) is 4.15. The Morgan fingerprint density at radius 3 is 1.88 bits per heavy atom. The molecule has 4 nitrogen and oxygen atoms in total. The normalized spacial score (nSPS) is 10.8. The molecule has 0 aliphatic heterocycles. The van der Waals surface area contributed by atoms with Crippen molar-refractivity contribution in [3.63, 3.8) is 0 Å². The maximum absolute atomic E-state index is 11.7. The number of carbonyl (C=O) groups excluding carboxylic acids is 2. The first-order valence-corrected chi connectivity index (χ1v) is 9.95. The number of hydrogen-bond donors (Lipinski definition) is 0. The summed E-state index contributed by atoms with van der Waals surface area (Å²) in [6.45, 7) is 7.50. The molecule has 0 saturated carbocycles. The summed E-state index contributed by atoms with van der Waals surface area (Å²) in [6, 6.07) is 0. The van der Waals surface area contributed by atoms with Crippen molar-refractivity contribution in [3.05, 3.63) is 0 Å². The molecule has 142 valence electrons. The number of carbonyl (C=O) groups is 2. The number of hydrogen-bond acceptors (Lipinski definition) is 4. The largest absolute Gasteiger partial charge is 0.466 e. The summed E-state index contributed by atoms with van der Waals surface area (Å²) in [5.41, 5.74) is 0. The van der Waals surface area contributed by atoms with Gasteiger partial charge in [0.1, 0.15) is 0 Å². The van der Waals surface area contributed by atoms with E-state index in [1.165, 1.54) is 19.3 Å². The monoisotopic (exact) mass is 342 g/mol. The zero-order chi connectivity index (χ0) is 18.0. The van der Waals surface area contributed by atoms with Gasteiger partial charge in [0.25, 0.3) is 0 Å². The predicted octanol–water partition coefficient (Wildman–Crippen LogP) is 5.43. The maximum Gasteiger partial charge on any atom is 0.305 e. The molecular formula is C20H38O4. The van der Waals surface area contributed by atoms with Crippen LogP contribution in [0, 0.1) is 5.92 Å². The molecule has 0 heterocycles. The molecule has 0 rings (SSSR count). The van der Waals surface area contributed by atoms with Crippen LogP contribution < -0.4 is 0 Å². The van der Waals surface area contributed by atoms with Crippen LogP contribution in [0.25, 0.3) is 0 Å². The van der Waals surface area contributed by atoms with Crippen molar-refractivity contribution >= 4 is 11.9 Å². The van der Waals surface area contributed by atoms with Crippen LogP contribution in [0.2, 0.25) is 0 Å². The van der Waals surface area contributed by atoms with Crippen LogP contribution in [-0.2, 0) is 19.1 Å². The number of rotatable bonds is 16. The fourth-order valence-electron chi connectivity index (χ4n) is 2.75. The van der Waals surface area contributed by atoms with E-state index in [0.29, 0.717) is 38.4 Å². The zero-order valence-corrected chi connectivity index (χ0v) is 16.1. The summed E-state index contributed by atoms with van der Waals surface area (Å²) in [5, 5.41) is 0. The molecule has 0 aliphatic carbocycles. The van der Waals surface area contributed by atoms with Crippen LogP contribution in [0.3, 0.4) is 0 Å². The Morgan fingerprint density at radius 1 is 0.708 bits per heavy atom. The molecule has 0 fully saturated rings. The highest BCUT2D eigenvalue weighted by Crippen LogP contribution is 2.14. The van der Waals surface area contributed by atoms with E-state index in [0.717, 1.165) is 38.5 Å². The first-order chi connectivity index (χ1) is 11.6. The number of ether oxygens (including phenoxy) is 2. The summed E-state index contributed by atoms with van der Waals surface area (Å²) in [6.07, 6.45) is 11.3. The van der Waals surface area contributed by atoms with Gasteiger partial charge in [0.2, 0.25) is 0 Å². The molecule has 0 atom stereocenters. The van der Waals surface area contributed by atoms with E-state index in [-0.39, 0.29) is 11.9 Å². The van der Waals surface area contributed by atoms with Gasteiger partial charge in [-0.1, -0.05) is 59.3 Å². The van der Waals surface area contributed by atoms with E-state index in [1.54, 1.807) is 0 Å². The van der Waals surface area contributed by atoms with Gasteiger partial charge in [-0.05, 0) is 31.6 Å². The Bertz CT molecular complexity index is 309. The van der Waals surface area contributed by atoms with Crippen molar-refractivity contribution in [1.29, 1.82) is 0 Å². The Morgan fingerprint density at radius 2 is 1.29 bits per heavy atom. The van der Waals surface area contributed by atoms with Gasteiger partial charge < -0.3 is 9.47 Å². The van der Waals surface area contributed by atoms with Crippen LogP contribution in [-0.4, -0.2) is 25.2 Å². The minimum atomic E-state index is -0.201. The SMILES string of the molecule is CCCCCCCOC(=O)CCCC(=O)OCC(CCC)CCC. The molecule has 0 radical (unpaired) electrons. The van der Waals surface area contributed by atoms with Crippen LogP contribution in [0.15, 0.2) is 0 Å². The van der Waals surface area contributed by atoms with E-state index in [9.17, 15) is 9.59 Å². The average Bonchev–Trinajstić information content (AvgIpc) is 2.56. The van der Waals surface area contributed by atoms with Gasteiger partial charge in [-0.2, -0.15) is 0 Å². The Kier molecular flexibility index (Phi) is 16.0.